The van der Waals surface area contributed by atoms with Crippen LogP contribution in [0.4, 0.5) is 0 Å². The van der Waals surface area contributed by atoms with Crippen LogP contribution in [0.2, 0.25) is 0 Å². The van der Waals surface area contributed by atoms with Crippen LogP contribution < -0.4 is 5.32 Å². The molecule has 1 atom stereocenters. The molecule has 0 aromatic carbocycles. The lowest BCUT2D eigenvalue weighted by Gasteiger charge is -2.35. The van der Waals surface area contributed by atoms with Gasteiger partial charge >= 0.3 is 0 Å². The molecule has 2 N–H and O–H groups in total. The number of rotatable bonds is 3. The Kier molecular flexibility index (Phi) is 5.39. The lowest BCUT2D eigenvalue weighted by molar-refractivity contribution is 0.141. The van der Waals surface area contributed by atoms with Gasteiger partial charge in [0.25, 0.3) is 0 Å². The fraction of sp³-hybridized carbons (Fsp3) is 0.467. The third kappa shape index (κ3) is 3.40. The van der Waals surface area contributed by atoms with E-state index in [2.05, 4.69) is 20.2 Å². The highest BCUT2D eigenvalue weighted by Gasteiger charge is 2.27. The van der Waals surface area contributed by atoms with Gasteiger partial charge in [-0.3, -0.25) is 9.88 Å². The molecule has 7 heteroatoms. The second-order valence-electron chi connectivity index (χ2n) is 5.51. The largest absolute Gasteiger partial charge is 0.506 e. The Morgan fingerprint density at radius 3 is 2.95 bits per heavy atom. The lowest BCUT2D eigenvalue weighted by Crippen LogP contribution is -2.46. The predicted molar refractivity (Wildman–Crippen MR) is 87.1 cm³/mol. The molecule has 3 heterocycles. The minimum Gasteiger partial charge on any atom is -0.506 e. The Hall–Kier alpha value is -1.63. The van der Waals surface area contributed by atoms with Crippen LogP contribution in [0.15, 0.2) is 24.5 Å². The van der Waals surface area contributed by atoms with Gasteiger partial charge < -0.3 is 15.0 Å². The Morgan fingerprint density at radius 1 is 1.41 bits per heavy atom. The molecule has 1 saturated heterocycles. The molecule has 2 aromatic heterocycles. The van der Waals surface area contributed by atoms with Gasteiger partial charge in [-0.1, -0.05) is 0 Å². The summed E-state index contributed by atoms with van der Waals surface area (Å²) in [7, 11) is 2.01. The van der Waals surface area contributed by atoms with Crippen LogP contribution in [0.3, 0.4) is 0 Å². The number of halogens is 1. The summed E-state index contributed by atoms with van der Waals surface area (Å²) in [5.41, 5.74) is 1.66. The van der Waals surface area contributed by atoms with E-state index in [0.717, 1.165) is 36.8 Å². The highest BCUT2D eigenvalue weighted by molar-refractivity contribution is 5.85. The molecule has 2 aromatic rings. The quantitative estimate of drug-likeness (QED) is 0.893. The number of hydrogen-bond donors (Lipinski definition) is 2. The van der Waals surface area contributed by atoms with E-state index in [0.29, 0.717) is 6.54 Å². The number of aromatic nitrogens is 3. The molecule has 0 bridgehead atoms. The zero-order valence-corrected chi connectivity index (χ0v) is 13.7. The highest BCUT2D eigenvalue weighted by atomic mass is 35.5. The van der Waals surface area contributed by atoms with Crippen LogP contribution >= 0.6 is 12.4 Å². The van der Waals surface area contributed by atoms with Crippen molar-refractivity contribution in [3.8, 4) is 5.75 Å². The van der Waals surface area contributed by atoms with Crippen LogP contribution in [-0.2, 0) is 13.6 Å². The number of piperazine rings is 1. The van der Waals surface area contributed by atoms with Gasteiger partial charge in [-0.2, -0.15) is 0 Å². The molecule has 1 fully saturated rings. The summed E-state index contributed by atoms with van der Waals surface area (Å²) in [6.45, 7) is 5.28. The van der Waals surface area contributed by atoms with Crippen molar-refractivity contribution in [2.75, 3.05) is 19.6 Å². The number of aromatic hydroxyl groups is 1. The van der Waals surface area contributed by atoms with Gasteiger partial charge in [0.15, 0.2) is 0 Å². The van der Waals surface area contributed by atoms with Crippen molar-refractivity contribution in [3.63, 3.8) is 0 Å². The first-order chi connectivity index (χ1) is 10.1. The topological polar surface area (TPSA) is 66.2 Å². The van der Waals surface area contributed by atoms with E-state index in [1.807, 2.05) is 37.0 Å². The molecular weight excluding hydrogens is 302 g/mol. The fourth-order valence-electron chi connectivity index (χ4n) is 2.80. The summed E-state index contributed by atoms with van der Waals surface area (Å²) in [4.78, 5) is 11.3. The molecule has 1 aliphatic heterocycles. The fourth-order valence-corrected chi connectivity index (χ4v) is 2.80. The van der Waals surface area contributed by atoms with Gasteiger partial charge in [0.2, 0.25) is 0 Å². The number of hydrogen-bond acceptors (Lipinski definition) is 5. The van der Waals surface area contributed by atoms with E-state index in [4.69, 9.17) is 0 Å². The normalized spacial score (nSPS) is 18.9. The molecule has 1 unspecified atom stereocenters. The summed E-state index contributed by atoms with van der Waals surface area (Å²) in [6.07, 6.45) is 3.79. The second kappa shape index (κ2) is 7.09. The summed E-state index contributed by atoms with van der Waals surface area (Å²) in [6, 6.07) is 3.74. The number of pyridine rings is 1. The van der Waals surface area contributed by atoms with E-state index in [-0.39, 0.29) is 24.2 Å². The first-order valence-electron chi connectivity index (χ1n) is 7.22. The van der Waals surface area contributed by atoms with Gasteiger partial charge in [0.1, 0.15) is 11.6 Å². The first-order valence-corrected chi connectivity index (χ1v) is 7.22. The Morgan fingerprint density at radius 2 is 2.23 bits per heavy atom. The molecule has 0 radical (unpaired) electrons. The minimum absolute atomic E-state index is 0. The summed E-state index contributed by atoms with van der Waals surface area (Å²) < 4.78 is 2.05. The van der Waals surface area contributed by atoms with Gasteiger partial charge in [0, 0.05) is 51.3 Å². The molecule has 0 saturated carbocycles. The van der Waals surface area contributed by atoms with Gasteiger partial charge in [-0.15, -0.1) is 12.4 Å². The van der Waals surface area contributed by atoms with Crippen molar-refractivity contribution in [3.05, 3.63) is 41.7 Å². The third-order valence-electron chi connectivity index (χ3n) is 3.95. The Bertz CT molecular complexity index is 630. The summed E-state index contributed by atoms with van der Waals surface area (Å²) in [5.74, 6) is 1.30. The second-order valence-corrected chi connectivity index (χ2v) is 5.51. The van der Waals surface area contributed by atoms with Gasteiger partial charge in [-0.25, -0.2) is 4.98 Å². The highest BCUT2D eigenvalue weighted by Crippen LogP contribution is 2.25. The lowest BCUT2D eigenvalue weighted by atomic mass is 10.1. The number of imidazole rings is 1. The molecule has 0 amide bonds. The molecule has 1 aliphatic rings. The number of nitrogens with zero attached hydrogens (tertiary/aromatic N) is 4. The molecule has 3 rings (SSSR count). The number of nitrogens with one attached hydrogen (secondary N) is 1. The molecule has 0 spiro atoms. The van der Waals surface area contributed by atoms with Gasteiger partial charge in [0.05, 0.1) is 11.7 Å². The van der Waals surface area contributed by atoms with Crippen molar-refractivity contribution in [1.82, 2.24) is 24.8 Å². The molecular formula is C15H22ClN5O. The maximum absolute atomic E-state index is 10.0. The van der Waals surface area contributed by atoms with E-state index >= 15 is 0 Å². The first kappa shape index (κ1) is 16.7. The zero-order valence-electron chi connectivity index (χ0n) is 12.9. The van der Waals surface area contributed by atoms with Crippen molar-refractivity contribution < 1.29 is 5.11 Å². The SMILES string of the molecule is Cc1ccc(O)c(CN2CCNCC2c2nccn2C)n1.Cl. The summed E-state index contributed by atoms with van der Waals surface area (Å²) >= 11 is 0. The smallest absolute Gasteiger partial charge is 0.138 e. The van der Waals surface area contributed by atoms with Crippen molar-refractivity contribution in [2.45, 2.75) is 19.5 Å². The van der Waals surface area contributed by atoms with Gasteiger partial charge in [-0.05, 0) is 19.1 Å². The maximum Gasteiger partial charge on any atom is 0.138 e. The summed E-state index contributed by atoms with van der Waals surface area (Å²) in [5, 5.41) is 13.4. The van der Waals surface area contributed by atoms with Crippen LogP contribution in [0.25, 0.3) is 0 Å². The van der Waals surface area contributed by atoms with E-state index < -0.39 is 0 Å². The molecule has 120 valence electrons. The zero-order chi connectivity index (χ0) is 14.8. The monoisotopic (exact) mass is 323 g/mol. The predicted octanol–water partition coefficient (Wildman–Crippen LogP) is 1.40. The molecule has 0 aliphatic carbocycles. The van der Waals surface area contributed by atoms with Crippen LogP contribution in [0, 0.1) is 6.92 Å². The minimum atomic E-state index is 0. The van der Waals surface area contributed by atoms with Crippen LogP contribution in [-0.4, -0.2) is 44.2 Å². The van der Waals surface area contributed by atoms with E-state index in [9.17, 15) is 5.11 Å². The van der Waals surface area contributed by atoms with Crippen molar-refractivity contribution in [1.29, 1.82) is 0 Å². The van der Waals surface area contributed by atoms with E-state index in [1.54, 1.807) is 6.07 Å². The van der Waals surface area contributed by atoms with Crippen molar-refractivity contribution in [2.24, 2.45) is 7.05 Å². The van der Waals surface area contributed by atoms with Crippen molar-refractivity contribution >= 4 is 12.4 Å². The average Bonchev–Trinajstić information content (AvgIpc) is 2.90. The Balaban J connectivity index is 0.00000176. The van der Waals surface area contributed by atoms with E-state index in [1.165, 1.54) is 0 Å². The van der Waals surface area contributed by atoms with Crippen LogP contribution in [0.1, 0.15) is 23.3 Å². The standard InChI is InChI=1S/C15H21N5O.ClH/c1-11-3-4-14(21)12(18-11)10-20-8-5-16-9-13(20)15-17-6-7-19(15)2;/h3-4,6-7,13,16,21H,5,8-10H2,1-2H3;1H. The van der Waals surface area contributed by atoms with Crippen LogP contribution in [0.5, 0.6) is 5.75 Å². The maximum atomic E-state index is 10.0. The third-order valence-corrected chi connectivity index (χ3v) is 3.95. The molecule has 6 nitrogen and oxygen atoms in total. The Labute approximate surface area is 136 Å². The average molecular weight is 324 g/mol. The number of aryl methyl sites for hydroxylation is 2. The molecule has 22 heavy (non-hydrogen) atoms.